The molecule has 1 amide bonds. The Morgan fingerprint density at radius 2 is 2.31 bits per heavy atom. The molecule has 0 bridgehead atoms. The SMILES string of the molecule is O=C(O)[C@@H](O)CN1CC(O)CC1=O. The first-order valence-corrected chi connectivity index (χ1v) is 3.87. The molecule has 0 saturated carbocycles. The van der Waals surface area contributed by atoms with Crippen LogP contribution in [0.3, 0.4) is 0 Å². The van der Waals surface area contributed by atoms with Gasteiger partial charge in [-0.15, -0.1) is 0 Å². The van der Waals surface area contributed by atoms with Gasteiger partial charge in [0.05, 0.1) is 19.1 Å². The average molecular weight is 189 g/mol. The van der Waals surface area contributed by atoms with Crippen molar-refractivity contribution in [3.05, 3.63) is 0 Å². The number of aliphatic hydroxyl groups excluding tert-OH is 2. The van der Waals surface area contributed by atoms with E-state index in [1.165, 1.54) is 0 Å². The molecule has 0 aromatic heterocycles. The normalized spacial score (nSPS) is 24.9. The van der Waals surface area contributed by atoms with Crippen molar-refractivity contribution in [1.29, 1.82) is 0 Å². The Labute approximate surface area is 74.4 Å². The van der Waals surface area contributed by atoms with Crippen molar-refractivity contribution in [2.75, 3.05) is 13.1 Å². The number of hydrogen-bond donors (Lipinski definition) is 3. The molecule has 1 aliphatic heterocycles. The van der Waals surface area contributed by atoms with Crippen molar-refractivity contribution in [2.45, 2.75) is 18.6 Å². The highest BCUT2D eigenvalue weighted by Gasteiger charge is 2.30. The van der Waals surface area contributed by atoms with Crippen molar-refractivity contribution in [3.63, 3.8) is 0 Å². The minimum atomic E-state index is -1.57. The molecule has 1 saturated heterocycles. The lowest BCUT2D eigenvalue weighted by atomic mass is 10.3. The number of rotatable bonds is 3. The first-order valence-electron chi connectivity index (χ1n) is 3.87. The second-order valence-corrected chi connectivity index (χ2v) is 3.01. The summed E-state index contributed by atoms with van der Waals surface area (Å²) in [5.41, 5.74) is 0. The highest BCUT2D eigenvalue weighted by Crippen LogP contribution is 2.10. The van der Waals surface area contributed by atoms with Gasteiger partial charge in [-0.25, -0.2) is 4.79 Å². The summed E-state index contributed by atoms with van der Waals surface area (Å²) in [7, 11) is 0. The van der Waals surface area contributed by atoms with Crippen LogP contribution in [0.4, 0.5) is 0 Å². The third kappa shape index (κ3) is 2.40. The van der Waals surface area contributed by atoms with Crippen LogP contribution < -0.4 is 0 Å². The van der Waals surface area contributed by atoms with E-state index in [2.05, 4.69) is 0 Å². The van der Waals surface area contributed by atoms with Crippen molar-refractivity contribution in [2.24, 2.45) is 0 Å². The number of aliphatic hydroxyl groups is 2. The van der Waals surface area contributed by atoms with Gasteiger partial charge in [0.1, 0.15) is 0 Å². The van der Waals surface area contributed by atoms with Gasteiger partial charge in [-0.3, -0.25) is 4.79 Å². The molecule has 1 heterocycles. The number of carboxylic acid groups (broad SMARTS) is 1. The second-order valence-electron chi connectivity index (χ2n) is 3.01. The Morgan fingerprint density at radius 1 is 1.69 bits per heavy atom. The fraction of sp³-hybridized carbons (Fsp3) is 0.714. The lowest BCUT2D eigenvalue weighted by Gasteiger charge is -2.17. The Bertz CT molecular complexity index is 229. The monoisotopic (exact) mass is 189 g/mol. The molecule has 74 valence electrons. The van der Waals surface area contributed by atoms with E-state index < -0.39 is 18.2 Å². The van der Waals surface area contributed by atoms with Crippen LogP contribution in [0.25, 0.3) is 0 Å². The van der Waals surface area contributed by atoms with Crippen molar-refractivity contribution in [1.82, 2.24) is 4.90 Å². The molecule has 13 heavy (non-hydrogen) atoms. The zero-order valence-electron chi connectivity index (χ0n) is 6.88. The average Bonchev–Trinajstić information content (AvgIpc) is 2.30. The number of likely N-dealkylation sites (tertiary alicyclic amines) is 1. The molecule has 0 spiro atoms. The van der Waals surface area contributed by atoms with Gasteiger partial charge in [0, 0.05) is 6.54 Å². The molecule has 0 aromatic carbocycles. The molecule has 6 heteroatoms. The first kappa shape index (κ1) is 9.94. The number of carboxylic acids is 1. The molecule has 0 aliphatic carbocycles. The third-order valence-electron chi connectivity index (χ3n) is 1.87. The Hall–Kier alpha value is -1.14. The topological polar surface area (TPSA) is 98.1 Å². The van der Waals surface area contributed by atoms with Crippen molar-refractivity contribution >= 4 is 11.9 Å². The Morgan fingerprint density at radius 3 is 2.69 bits per heavy atom. The third-order valence-corrected chi connectivity index (χ3v) is 1.87. The van der Waals surface area contributed by atoms with Crippen molar-refractivity contribution < 1.29 is 24.9 Å². The highest BCUT2D eigenvalue weighted by atomic mass is 16.4. The van der Waals surface area contributed by atoms with E-state index >= 15 is 0 Å². The number of β-amino-alcohol motifs (C(OH)–C–C–N with tert-alkyl or cyclic N) is 2. The lowest BCUT2D eigenvalue weighted by Crippen LogP contribution is -2.38. The molecule has 2 atom stereocenters. The van der Waals surface area contributed by atoms with Crippen LogP contribution in [0.1, 0.15) is 6.42 Å². The van der Waals surface area contributed by atoms with E-state index in [1.807, 2.05) is 0 Å². The number of hydrogen-bond acceptors (Lipinski definition) is 4. The molecular formula is C7H11NO5. The van der Waals surface area contributed by atoms with Gasteiger partial charge in [-0.05, 0) is 0 Å². The molecule has 1 rings (SSSR count). The number of carbonyl (C=O) groups is 2. The molecule has 1 aliphatic rings. The van der Waals surface area contributed by atoms with E-state index in [-0.39, 0.29) is 25.4 Å². The summed E-state index contributed by atoms with van der Waals surface area (Å²) in [4.78, 5) is 22.4. The largest absolute Gasteiger partial charge is 0.479 e. The predicted molar refractivity (Wildman–Crippen MR) is 40.8 cm³/mol. The smallest absolute Gasteiger partial charge is 0.334 e. The first-order chi connectivity index (χ1) is 6.00. The standard InChI is InChI=1S/C7H11NO5/c9-4-1-6(11)8(2-4)3-5(10)7(12)13/h4-5,9-10H,1-3H2,(H,12,13)/t4?,5-/m0/s1. The summed E-state index contributed by atoms with van der Waals surface area (Å²) < 4.78 is 0. The zero-order valence-corrected chi connectivity index (χ0v) is 6.88. The molecule has 1 unspecified atom stereocenters. The van der Waals surface area contributed by atoms with Gasteiger partial charge < -0.3 is 20.2 Å². The number of carbonyl (C=O) groups excluding carboxylic acids is 1. The quantitative estimate of drug-likeness (QED) is 0.478. The number of aliphatic carboxylic acids is 1. The maximum atomic E-state index is 11.0. The summed E-state index contributed by atoms with van der Waals surface area (Å²) in [6.45, 7) is -0.158. The molecular weight excluding hydrogens is 178 g/mol. The van der Waals surface area contributed by atoms with Gasteiger partial charge in [0.25, 0.3) is 0 Å². The van der Waals surface area contributed by atoms with Gasteiger partial charge in [-0.2, -0.15) is 0 Å². The zero-order chi connectivity index (χ0) is 10.0. The summed E-state index contributed by atoms with van der Waals surface area (Å²) in [5.74, 6) is -1.69. The maximum Gasteiger partial charge on any atom is 0.334 e. The molecule has 1 fully saturated rings. The molecule has 0 radical (unpaired) electrons. The summed E-state index contributed by atoms with van der Waals surface area (Å²) in [6, 6.07) is 0. The molecule has 6 nitrogen and oxygen atoms in total. The number of amides is 1. The fourth-order valence-electron chi connectivity index (χ4n) is 1.21. The van der Waals surface area contributed by atoms with Gasteiger partial charge in [0.2, 0.25) is 5.91 Å². The predicted octanol–water partition coefficient (Wildman–Crippen LogP) is -1.97. The summed E-state index contributed by atoms with van der Waals surface area (Å²) in [6.07, 6.45) is -2.31. The van der Waals surface area contributed by atoms with Crippen LogP contribution in [0.15, 0.2) is 0 Å². The van der Waals surface area contributed by atoms with Crippen LogP contribution in [-0.4, -0.2) is 57.4 Å². The van der Waals surface area contributed by atoms with Crippen LogP contribution in [0.2, 0.25) is 0 Å². The van der Waals surface area contributed by atoms with Crippen molar-refractivity contribution in [3.8, 4) is 0 Å². The summed E-state index contributed by atoms with van der Waals surface area (Å²) in [5, 5.41) is 26.3. The highest BCUT2D eigenvalue weighted by molar-refractivity contribution is 5.80. The van der Waals surface area contributed by atoms with E-state index in [0.29, 0.717) is 0 Å². The van der Waals surface area contributed by atoms with Crippen LogP contribution in [0, 0.1) is 0 Å². The van der Waals surface area contributed by atoms with Crippen LogP contribution >= 0.6 is 0 Å². The maximum absolute atomic E-state index is 11.0. The second kappa shape index (κ2) is 3.71. The van der Waals surface area contributed by atoms with E-state index in [1.54, 1.807) is 0 Å². The van der Waals surface area contributed by atoms with Crippen LogP contribution in [-0.2, 0) is 9.59 Å². The molecule has 0 aromatic rings. The fourth-order valence-corrected chi connectivity index (χ4v) is 1.21. The minimum Gasteiger partial charge on any atom is -0.479 e. The van der Waals surface area contributed by atoms with E-state index in [0.717, 1.165) is 4.90 Å². The number of nitrogens with zero attached hydrogens (tertiary/aromatic N) is 1. The lowest BCUT2D eigenvalue weighted by molar-refractivity contribution is -0.148. The summed E-state index contributed by atoms with van der Waals surface area (Å²) >= 11 is 0. The van der Waals surface area contributed by atoms with Gasteiger partial charge >= 0.3 is 5.97 Å². The van der Waals surface area contributed by atoms with Crippen LogP contribution in [0.5, 0.6) is 0 Å². The Kier molecular flexibility index (Phi) is 2.84. The van der Waals surface area contributed by atoms with E-state index in [9.17, 15) is 9.59 Å². The van der Waals surface area contributed by atoms with Gasteiger partial charge in [-0.1, -0.05) is 0 Å². The molecule has 3 N–H and O–H groups in total. The van der Waals surface area contributed by atoms with E-state index in [4.69, 9.17) is 15.3 Å². The minimum absolute atomic E-state index is 0.00629. The van der Waals surface area contributed by atoms with Gasteiger partial charge in [0.15, 0.2) is 6.10 Å². The Balaban J connectivity index is 2.46.